The Labute approximate surface area is 449 Å². The molecule has 6 aromatic rings. The SMILES string of the molecule is Cc1c(C(=O)NN2CCS([O-])(O)CC2)nn(-c2ccc(Cl)cc2Cl)c1-c1ccc(C#CCCO[N+](=O)OCCC#Cc2ccc(-c3c(C)c(C(=O)NN4CCS(O)(O)CC4)nn3-c3ccc(Cl)cc3Cl)cc2)cc1. The summed E-state index contributed by atoms with van der Waals surface area (Å²) in [5.74, 6) is 11.6. The van der Waals surface area contributed by atoms with Gasteiger partial charge in [0.2, 0.25) is 0 Å². The number of rotatable bonds is 14. The van der Waals surface area contributed by atoms with E-state index in [1.54, 1.807) is 69.6 Å². The Morgan fingerprint density at radius 3 is 1.43 bits per heavy atom. The van der Waals surface area contributed by atoms with Crippen LogP contribution in [0, 0.1) is 42.4 Å². The molecular formula is C50H49Cl4N9O9S2. The molecule has 2 aromatic heterocycles. The molecule has 74 heavy (non-hydrogen) atoms. The van der Waals surface area contributed by atoms with Gasteiger partial charge in [-0.3, -0.25) is 29.5 Å². The first-order valence-corrected chi connectivity index (χ1v) is 28.2. The fraction of sp³-hybridized carbons (Fsp3) is 0.280. The predicted octanol–water partition coefficient (Wildman–Crippen LogP) is 9.53. The molecule has 0 saturated carbocycles. The quantitative estimate of drug-likeness (QED) is 0.0390. The summed E-state index contributed by atoms with van der Waals surface area (Å²) in [7, 11) is -5.55. The predicted molar refractivity (Wildman–Crippen MR) is 287 cm³/mol. The summed E-state index contributed by atoms with van der Waals surface area (Å²) in [5, 5.41) is 14.2. The van der Waals surface area contributed by atoms with Gasteiger partial charge in [0.15, 0.2) is 24.6 Å². The minimum atomic E-state index is -2.90. The number of carbonyl (C=O) groups is 2. The van der Waals surface area contributed by atoms with Crippen molar-refractivity contribution >= 4 is 79.4 Å². The molecule has 18 nitrogen and oxygen atoms in total. The number of benzene rings is 4. The molecule has 24 heteroatoms. The van der Waals surface area contributed by atoms with E-state index in [9.17, 15) is 32.7 Å². The molecule has 2 fully saturated rings. The van der Waals surface area contributed by atoms with Crippen molar-refractivity contribution in [3.8, 4) is 57.6 Å². The van der Waals surface area contributed by atoms with Crippen molar-refractivity contribution in [1.82, 2.24) is 40.4 Å². The van der Waals surface area contributed by atoms with Crippen LogP contribution in [0.25, 0.3) is 33.9 Å². The number of amides is 2. The van der Waals surface area contributed by atoms with Gasteiger partial charge in [-0.2, -0.15) is 30.5 Å². The zero-order valence-electron chi connectivity index (χ0n) is 39.8. The van der Waals surface area contributed by atoms with E-state index >= 15 is 0 Å². The highest BCUT2D eigenvalue weighted by molar-refractivity contribution is 8.24. The Morgan fingerprint density at radius 1 is 0.649 bits per heavy atom. The zero-order valence-corrected chi connectivity index (χ0v) is 44.5. The van der Waals surface area contributed by atoms with Crippen molar-refractivity contribution in [3.63, 3.8) is 0 Å². The maximum absolute atomic E-state index is 13.5. The molecule has 2 saturated heterocycles. The molecule has 0 bridgehead atoms. The zero-order chi connectivity index (χ0) is 52.7. The van der Waals surface area contributed by atoms with Crippen LogP contribution in [-0.2, 0) is 9.68 Å². The summed E-state index contributed by atoms with van der Waals surface area (Å²) in [6, 6.07) is 24.6. The molecule has 4 aromatic carbocycles. The second kappa shape index (κ2) is 23.8. The standard InChI is InChI=1S/C50H49Cl4N9O9S2/c1-33-45(49(64)57-59-21-27-73(67,68)28-22-59)55-61(43-19-17-39(51)31-41(43)53)47(33)37-13-9-35(10-14-37)7-3-5-25-71-63(66)72-26-6-4-8-36-11-15-38(16-12-36)48-34(2)46(50(65)58-60-23-29-74(69,70)30-24-60)56-62(48)44-20-18-40(52)32-42(44)54/h9-20,31-32H,5-6,21-30H2,1-2H3,(H5-,57,58,64,65,67,68,69,70). The van der Waals surface area contributed by atoms with Gasteiger partial charge in [0.05, 0.1) is 57.2 Å². The van der Waals surface area contributed by atoms with Gasteiger partial charge in [0.1, 0.15) is 4.91 Å². The Hall–Kier alpha value is -5.82. The topological polar surface area (TPSA) is 223 Å². The number of aromatic nitrogens is 4. The first kappa shape index (κ1) is 54.4. The third-order valence-electron chi connectivity index (χ3n) is 11.8. The molecule has 4 heterocycles. The van der Waals surface area contributed by atoms with Gasteiger partial charge in [-0.25, -0.2) is 19.4 Å². The molecule has 0 unspecified atom stereocenters. The third-order valence-corrected chi connectivity index (χ3v) is 16.2. The van der Waals surface area contributed by atoms with Crippen LogP contribution in [0.5, 0.6) is 0 Å². The van der Waals surface area contributed by atoms with E-state index in [-0.39, 0.29) is 91.7 Å². The Morgan fingerprint density at radius 2 is 1.04 bits per heavy atom. The molecule has 2 amide bonds. The van der Waals surface area contributed by atoms with E-state index in [2.05, 4.69) is 44.7 Å². The van der Waals surface area contributed by atoms with Crippen LogP contribution >= 0.6 is 67.6 Å². The smallest absolute Gasteiger partial charge is 0.477 e. The van der Waals surface area contributed by atoms with Crippen molar-refractivity contribution in [3.05, 3.63) is 144 Å². The van der Waals surface area contributed by atoms with Gasteiger partial charge >= 0.3 is 5.09 Å². The number of carbonyl (C=O) groups excluding carboxylic acids is 2. The average Bonchev–Trinajstić information content (AvgIpc) is 3.89. The number of nitrogens with one attached hydrogen (secondary N) is 2. The molecule has 2 aliphatic rings. The van der Waals surface area contributed by atoms with Crippen LogP contribution in [0.1, 0.15) is 56.1 Å². The summed E-state index contributed by atoms with van der Waals surface area (Å²) in [5.41, 5.74) is 12.2. The normalized spacial score (nSPS) is 16.1. The highest BCUT2D eigenvalue weighted by atomic mass is 35.5. The number of halogens is 4. The van der Waals surface area contributed by atoms with Crippen molar-refractivity contribution in [2.75, 3.05) is 62.4 Å². The second-order valence-electron chi connectivity index (χ2n) is 17.1. The van der Waals surface area contributed by atoms with Crippen molar-refractivity contribution in [1.29, 1.82) is 0 Å². The maximum Gasteiger partial charge on any atom is 0.477 e. The van der Waals surface area contributed by atoms with Crippen LogP contribution in [0.3, 0.4) is 0 Å². The highest BCUT2D eigenvalue weighted by Crippen LogP contribution is 2.41. The summed E-state index contributed by atoms with van der Waals surface area (Å²) in [6.07, 6.45) is 0.453. The van der Waals surface area contributed by atoms with Crippen LogP contribution in [-0.4, -0.2) is 127 Å². The largest absolute Gasteiger partial charge is 0.768 e. The number of hydrogen-bond donors (Lipinski definition) is 5. The summed E-state index contributed by atoms with van der Waals surface area (Å²) >= 11 is 25.6. The molecule has 2 aliphatic heterocycles. The van der Waals surface area contributed by atoms with Crippen LogP contribution in [0.4, 0.5) is 0 Å². The number of hydrazine groups is 2. The van der Waals surface area contributed by atoms with E-state index in [1.807, 2.05) is 48.5 Å². The van der Waals surface area contributed by atoms with E-state index < -0.39 is 33.0 Å². The third kappa shape index (κ3) is 13.5. The first-order valence-electron chi connectivity index (χ1n) is 22.9. The Balaban J connectivity index is 0.833. The van der Waals surface area contributed by atoms with E-state index in [0.717, 1.165) is 11.1 Å². The summed E-state index contributed by atoms with van der Waals surface area (Å²) in [6.45, 7) is 4.53. The van der Waals surface area contributed by atoms with E-state index in [0.29, 0.717) is 65.1 Å². The van der Waals surface area contributed by atoms with Crippen LogP contribution in [0.2, 0.25) is 20.1 Å². The van der Waals surface area contributed by atoms with E-state index in [1.165, 1.54) is 0 Å². The first-order chi connectivity index (χ1) is 35.3. The molecule has 0 aliphatic carbocycles. The van der Waals surface area contributed by atoms with Gasteiger partial charge in [0.25, 0.3) is 11.8 Å². The minimum Gasteiger partial charge on any atom is -0.768 e. The second-order valence-corrected chi connectivity index (χ2v) is 23.5. The van der Waals surface area contributed by atoms with Gasteiger partial charge in [-0.15, -0.1) is 0 Å². The average molecular weight is 1130 g/mol. The molecule has 5 N–H and O–H groups in total. The Kier molecular flexibility index (Phi) is 17.5. The highest BCUT2D eigenvalue weighted by Gasteiger charge is 2.29. The van der Waals surface area contributed by atoms with Gasteiger partial charge < -0.3 is 19.7 Å². The van der Waals surface area contributed by atoms with Gasteiger partial charge in [-0.05, 0) is 74.5 Å². The molecule has 8 rings (SSSR count). The molecule has 388 valence electrons. The molecule has 0 radical (unpaired) electrons. The molecular weight excluding hydrogens is 1080 g/mol. The number of nitrogens with zero attached hydrogens (tertiary/aromatic N) is 7. The van der Waals surface area contributed by atoms with Crippen molar-refractivity contribution in [2.24, 2.45) is 0 Å². The fourth-order valence-electron chi connectivity index (χ4n) is 7.95. The van der Waals surface area contributed by atoms with E-state index in [4.69, 9.17) is 56.1 Å². The lowest BCUT2D eigenvalue weighted by Crippen LogP contribution is -2.49. The molecule has 0 atom stereocenters. The lowest BCUT2D eigenvalue weighted by Gasteiger charge is -2.50. The Bertz CT molecular complexity index is 2990. The summed E-state index contributed by atoms with van der Waals surface area (Å²) in [4.78, 5) is 49.5. The lowest BCUT2D eigenvalue weighted by molar-refractivity contribution is -0.981. The summed E-state index contributed by atoms with van der Waals surface area (Å²) < 4.78 is 45.1. The van der Waals surface area contributed by atoms with Crippen molar-refractivity contribution in [2.45, 2.75) is 26.7 Å². The van der Waals surface area contributed by atoms with Crippen molar-refractivity contribution < 1.29 is 42.6 Å². The maximum atomic E-state index is 13.5. The lowest BCUT2D eigenvalue weighted by atomic mass is 10.0. The van der Waals surface area contributed by atoms with Gasteiger partial charge in [0, 0.05) is 81.1 Å². The van der Waals surface area contributed by atoms with Crippen LogP contribution in [0.15, 0.2) is 84.9 Å². The minimum absolute atomic E-state index is 0.0289. The van der Waals surface area contributed by atoms with Crippen LogP contribution < -0.4 is 10.9 Å². The van der Waals surface area contributed by atoms with Gasteiger partial charge in [-0.1, -0.05) is 94.4 Å². The monoisotopic (exact) mass is 1120 g/mol. The molecule has 0 spiro atoms. The fourth-order valence-corrected chi connectivity index (χ4v) is 11.4. The number of hydrogen-bond acceptors (Lipinski definition) is 13.